The van der Waals surface area contributed by atoms with Crippen molar-refractivity contribution >= 4 is 11.8 Å². The molecule has 0 aliphatic rings. The summed E-state index contributed by atoms with van der Waals surface area (Å²) in [6.07, 6.45) is 1.35. The standard InChI is InChI=1S/C19H22N2O2/c20-17(22)13-7-12-16(19(21)23)18(14-8-3-1-4-9-14)15-10-5-2-6-11-15/h1-6,8-11,16,18H,7,12-13H2,(H2,20,22)(H2,21,23). The minimum absolute atomic E-state index is 0.122. The van der Waals surface area contributed by atoms with Gasteiger partial charge in [-0.15, -0.1) is 0 Å². The molecule has 4 heteroatoms. The first-order valence-corrected chi connectivity index (χ1v) is 7.77. The number of benzene rings is 2. The topological polar surface area (TPSA) is 86.2 Å². The maximum absolute atomic E-state index is 12.1. The molecule has 0 aliphatic heterocycles. The first kappa shape index (κ1) is 16.7. The number of hydrogen-bond donors (Lipinski definition) is 2. The van der Waals surface area contributed by atoms with Crippen LogP contribution in [0.3, 0.4) is 0 Å². The highest BCUT2D eigenvalue weighted by Gasteiger charge is 2.29. The molecule has 4 nitrogen and oxygen atoms in total. The van der Waals surface area contributed by atoms with Crippen molar-refractivity contribution in [3.63, 3.8) is 0 Å². The molecule has 0 aromatic heterocycles. The molecule has 0 fully saturated rings. The molecular formula is C19H22N2O2. The molecule has 0 aliphatic carbocycles. The van der Waals surface area contributed by atoms with Crippen molar-refractivity contribution in [2.45, 2.75) is 25.2 Å². The van der Waals surface area contributed by atoms with Gasteiger partial charge in [-0.3, -0.25) is 9.59 Å². The predicted molar refractivity (Wildman–Crippen MR) is 90.5 cm³/mol. The van der Waals surface area contributed by atoms with Crippen molar-refractivity contribution in [1.29, 1.82) is 0 Å². The molecule has 4 N–H and O–H groups in total. The Morgan fingerprint density at radius 2 is 1.30 bits per heavy atom. The van der Waals surface area contributed by atoms with Crippen molar-refractivity contribution in [3.05, 3.63) is 71.8 Å². The van der Waals surface area contributed by atoms with Crippen molar-refractivity contribution in [2.24, 2.45) is 17.4 Å². The van der Waals surface area contributed by atoms with Gasteiger partial charge in [-0.2, -0.15) is 0 Å². The Labute approximate surface area is 136 Å². The summed E-state index contributed by atoms with van der Waals surface area (Å²) in [7, 11) is 0. The van der Waals surface area contributed by atoms with Crippen LogP contribution in [0.4, 0.5) is 0 Å². The highest BCUT2D eigenvalue weighted by Crippen LogP contribution is 2.34. The molecule has 1 unspecified atom stereocenters. The third-order valence-electron chi connectivity index (χ3n) is 4.02. The van der Waals surface area contributed by atoms with Gasteiger partial charge in [0.05, 0.1) is 0 Å². The van der Waals surface area contributed by atoms with Gasteiger partial charge >= 0.3 is 0 Å². The monoisotopic (exact) mass is 310 g/mol. The molecular weight excluding hydrogens is 288 g/mol. The first-order valence-electron chi connectivity index (χ1n) is 7.77. The van der Waals surface area contributed by atoms with E-state index in [4.69, 9.17) is 11.5 Å². The van der Waals surface area contributed by atoms with Crippen molar-refractivity contribution in [2.75, 3.05) is 0 Å². The van der Waals surface area contributed by atoms with Gasteiger partial charge in [0.2, 0.25) is 11.8 Å². The van der Waals surface area contributed by atoms with Gasteiger partial charge < -0.3 is 11.5 Å². The predicted octanol–water partition coefficient (Wildman–Crippen LogP) is 2.58. The second-order valence-corrected chi connectivity index (χ2v) is 5.67. The Kier molecular flexibility index (Phi) is 5.92. The molecule has 0 radical (unpaired) electrons. The Hall–Kier alpha value is -2.62. The van der Waals surface area contributed by atoms with Crippen LogP contribution in [0.25, 0.3) is 0 Å². The van der Waals surface area contributed by atoms with E-state index >= 15 is 0 Å². The van der Waals surface area contributed by atoms with Crippen LogP contribution >= 0.6 is 0 Å². The molecule has 0 spiro atoms. The molecule has 0 heterocycles. The molecule has 2 rings (SSSR count). The lowest BCUT2D eigenvalue weighted by atomic mass is 9.78. The van der Waals surface area contributed by atoms with Crippen LogP contribution < -0.4 is 11.5 Å². The van der Waals surface area contributed by atoms with Gasteiger partial charge in [-0.05, 0) is 24.0 Å². The van der Waals surface area contributed by atoms with Gasteiger partial charge in [-0.1, -0.05) is 60.7 Å². The van der Waals surface area contributed by atoms with Gasteiger partial charge in [0.1, 0.15) is 0 Å². The van der Waals surface area contributed by atoms with E-state index in [-0.39, 0.29) is 30.1 Å². The number of primary amides is 2. The molecule has 2 aromatic rings. The van der Waals surface area contributed by atoms with Crippen LogP contribution in [-0.2, 0) is 9.59 Å². The number of nitrogens with two attached hydrogens (primary N) is 2. The van der Waals surface area contributed by atoms with E-state index in [9.17, 15) is 9.59 Å². The quantitative estimate of drug-likeness (QED) is 0.785. The largest absolute Gasteiger partial charge is 0.370 e. The summed E-state index contributed by atoms with van der Waals surface area (Å²) in [5.74, 6) is -1.21. The minimum atomic E-state index is -0.376. The summed E-state index contributed by atoms with van der Waals surface area (Å²) in [6, 6.07) is 19.7. The van der Waals surface area contributed by atoms with Gasteiger partial charge in [-0.25, -0.2) is 0 Å². The lowest BCUT2D eigenvalue weighted by molar-refractivity contribution is -0.123. The maximum Gasteiger partial charge on any atom is 0.221 e. The van der Waals surface area contributed by atoms with E-state index in [0.29, 0.717) is 12.8 Å². The SMILES string of the molecule is NC(=O)CCCC(C(N)=O)C(c1ccccc1)c1ccccc1. The lowest BCUT2D eigenvalue weighted by Crippen LogP contribution is -2.30. The Morgan fingerprint density at radius 3 is 1.70 bits per heavy atom. The third-order valence-corrected chi connectivity index (χ3v) is 4.02. The minimum Gasteiger partial charge on any atom is -0.370 e. The van der Waals surface area contributed by atoms with E-state index in [1.165, 1.54) is 0 Å². The average molecular weight is 310 g/mol. The number of rotatable bonds is 8. The van der Waals surface area contributed by atoms with Gasteiger partial charge in [0, 0.05) is 18.3 Å². The summed E-state index contributed by atoms with van der Waals surface area (Å²) in [6.45, 7) is 0. The highest BCUT2D eigenvalue weighted by molar-refractivity contribution is 5.79. The van der Waals surface area contributed by atoms with Crippen molar-refractivity contribution in [3.8, 4) is 0 Å². The fraction of sp³-hybridized carbons (Fsp3) is 0.263. The third kappa shape index (κ3) is 4.68. The fourth-order valence-electron chi connectivity index (χ4n) is 2.95. The Bertz CT molecular complexity index is 601. The lowest BCUT2D eigenvalue weighted by Gasteiger charge is -2.26. The van der Waals surface area contributed by atoms with Crippen LogP contribution in [0.5, 0.6) is 0 Å². The molecule has 23 heavy (non-hydrogen) atoms. The second-order valence-electron chi connectivity index (χ2n) is 5.67. The number of hydrogen-bond acceptors (Lipinski definition) is 2. The molecule has 1 atom stereocenters. The van der Waals surface area contributed by atoms with Crippen LogP contribution in [0, 0.1) is 5.92 Å². The second kappa shape index (κ2) is 8.13. The van der Waals surface area contributed by atoms with Crippen molar-refractivity contribution in [1.82, 2.24) is 0 Å². The first-order chi connectivity index (χ1) is 11.1. The fourth-order valence-corrected chi connectivity index (χ4v) is 2.95. The molecule has 2 aromatic carbocycles. The van der Waals surface area contributed by atoms with Gasteiger partial charge in [0.25, 0.3) is 0 Å². The van der Waals surface area contributed by atoms with E-state index in [2.05, 4.69) is 0 Å². The average Bonchev–Trinajstić information content (AvgIpc) is 2.55. The molecule has 0 bridgehead atoms. The van der Waals surface area contributed by atoms with E-state index in [0.717, 1.165) is 11.1 Å². The highest BCUT2D eigenvalue weighted by atomic mass is 16.1. The number of carbonyl (C=O) groups is 2. The smallest absolute Gasteiger partial charge is 0.221 e. The zero-order chi connectivity index (χ0) is 16.7. The molecule has 120 valence electrons. The Balaban J connectivity index is 2.33. The van der Waals surface area contributed by atoms with E-state index < -0.39 is 0 Å². The van der Waals surface area contributed by atoms with Crippen molar-refractivity contribution < 1.29 is 9.59 Å². The van der Waals surface area contributed by atoms with Crippen LogP contribution in [0.1, 0.15) is 36.3 Å². The number of carbonyl (C=O) groups excluding carboxylic acids is 2. The zero-order valence-corrected chi connectivity index (χ0v) is 13.0. The summed E-state index contributed by atoms with van der Waals surface area (Å²) in [4.78, 5) is 23.0. The van der Waals surface area contributed by atoms with Gasteiger partial charge in [0.15, 0.2) is 0 Å². The summed E-state index contributed by atoms with van der Waals surface area (Å²) in [5, 5.41) is 0. The molecule has 2 amide bonds. The Morgan fingerprint density at radius 1 is 0.826 bits per heavy atom. The summed E-state index contributed by atoms with van der Waals surface area (Å²) >= 11 is 0. The summed E-state index contributed by atoms with van der Waals surface area (Å²) < 4.78 is 0. The van der Waals surface area contributed by atoms with Crippen LogP contribution in [0.15, 0.2) is 60.7 Å². The van der Waals surface area contributed by atoms with Crippen LogP contribution in [0.2, 0.25) is 0 Å². The van der Waals surface area contributed by atoms with E-state index in [1.807, 2.05) is 60.7 Å². The number of amides is 2. The zero-order valence-electron chi connectivity index (χ0n) is 13.0. The van der Waals surface area contributed by atoms with Crippen LogP contribution in [-0.4, -0.2) is 11.8 Å². The molecule has 0 saturated heterocycles. The summed E-state index contributed by atoms with van der Waals surface area (Å²) in [5.41, 5.74) is 13.0. The molecule has 0 saturated carbocycles. The maximum atomic E-state index is 12.1. The normalized spacial score (nSPS) is 12.0. The van der Waals surface area contributed by atoms with E-state index in [1.54, 1.807) is 0 Å².